The molecule has 0 saturated heterocycles. The topological polar surface area (TPSA) is 56.7 Å². The van der Waals surface area contributed by atoms with E-state index in [1.807, 2.05) is 31.2 Å². The first-order valence-corrected chi connectivity index (χ1v) is 8.26. The van der Waals surface area contributed by atoms with Gasteiger partial charge < -0.3 is 5.84 Å². The number of thioether (sulfide) groups is 1. The van der Waals surface area contributed by atoms with Crippen molar-refractivity contribution in [3.63, 3.8) is 0 Å². The first kappa shape index (κ1) is 15.8. The van der Waals surface area contributed by atoms with E-state index in [0.29, 0.717) is 27.3 Å². The highest BCUT2D eigenvalue weighted by molar-refractivity contribution is 7.98. The monoisotopic (exact) mass is 348 g/mol. The van der Waals surface area contributed by atoms with E-state index in [9.17, 15) is 4.39 Å². The first-order chi connectivity index (χ1) is 11.1. The highest BCUT2D eigenvalue weighted by Gasteiger charge is 2.15. The molecule has 3 rings (SSSR count). The molecule has 23 heavy (non-hydrogen) atoms. The predicted octanol–water partition coefficient (Wildman–Crippen LogP) is 4.05. The van der Waals surface area contributed by atoms with Gasteiger partial charge in [0.25, 0.3) is 0 Å². The Balaban J connectivity index is 1.85. The van der Waals surface area contributed by atoms with Crippen molar-refractivity contribution in [3.05, 3.63) is 64.4 Å². The zero-order valence-electron chi connectivity index (χ0n) is 12.3. The summed E-state index contributed by atoms with van der Waals surface area (Å²) in [5.41, 5.74) is 2.40. The van der Waals surface area contributed by atoms with Crippen LogP contribution in [0, 0.1) is 12.7 Å². The van der Waals surface area contributed by atoms with Gasteiger partial charge in [-0.25, -0.2) is 9.07 Å². The van der Waals surface area contributed by atoms with Crippen molar-refractivity contribution in [3.8, 4) is 11.4 Å². The van der Waals surface area contributed by atoms with Crippen LogP contribution in [-0.4, -0.2) is 14.9 Å². The van der Waals surface area contributed by atoms with E-state index in [1.165, 1.54) is 22.5 Å². The summed E-state index contributed by atoms with van der Waals surface area (Å²) in [4.78, 5) is 0. The van der Waals surface area contributed by atoms with E-state index in [1.54, 1.807) is 12.1 Å². The molecule has 0 spiro atoms. The van der Waals surface area contributed by atoms with Gasteiger partial charge in [0.15, 0.2) is 5.82 Å². The number of nitrogens with zero attached hydrogens (tertiary/aromatic N) is 3. The zero-order chi connectivity index (χ0) is 16.4. The molecule has 0 saturated carbocycles. The van der Waals surface area contributed by atoms with Crippen molar-refractivity contribution < 1.29 is 4.39 Å². The van der Waals surface area contributed by atoms with Gasteiger partial charge in [-0.15, -0.1) is 10.2 Å². The molecule has 118 valence electrons. The van der Waals surface area contributed by atoms with Crippen LogP contribution in [0.2, 0.25) is 5.02 Å². The number of rotatable bonds is 4. The molecule has 0 unspecified atom stereocenters. The summed E-state index contributed by atoms with van der Waals surface area (Å²) in [7, 11) is 0. The van der Waals surface area contributed by atoms with Gasteiger partial charge in [-0.3, -0.25) is 0 Å². The molecular formula is C16H14ClFN4S. The second kappa shape index (κ2) is 6.60. The third-order valence-electron chi connectivity index (χ3n) is 3.46. The summed E-state index contributed by atoms with van der Waals surface area (Å²) in [6.45, 7) is 1.98. The van der Waals surface area contributed by atoms with E-state index in [2.05, 4.69) is 10.2 Å². The number of hydrogen-bond donors (Lipinski definition) is 1. The maximum absolute atomic E-state index is 13.8. The highest BCUT2D eigenvalue weighted by Crippen LogP contribution is 2.29. The number of aryl methyl sites for hydroxylation is 1. The SMILES string of the molecule is Cc1ccccc1-c1nnc(SCc2c(F)cccc2Cl)n1N. The summed E-state index contributed by atoms with van der Waals surface area (Å²) in [6.07, 6.45) is 0. The van der Waals surface area contributed by atoms with E-state index < -0.39 is 0 Å². The molecule has 0 fully saturated rings. The van der Waals surface area contributed by atoms with Gasteiger partial charge in [0.2, 0.25) is 5.16 Å². The van der Waals surface area contributed by atoms with Gasteiger partial charge in [0.1, 0.15) is 5.82 Å². The molecule has 0 amide bonds. The zero-order valence-corrected chi connectivity index (χ0v) is 13.9. The Bertz CT molecular complexity index is 830. The molecule has 0 aliphatic heterocycles. The number of nitrogens with two attached hydrogens (primary N) is 1. The normalized spacial score (nSPS) is 10.9. The van der Waals surface area contributed by atoms with Crippen LogP contribution < -0.4 is 5.84 Å². The molecule has 1 aromatic heterocycles. The van der Waals surface area contributed by atoms with Crippen molar-refractivity contribution in [2.45, 2.75) is 17.8 Å². The molecule has 4 nitrogen and oxygen atoms in total. The van der Waals surface area contributed by atoms with Crippen molar-refractivity contribution in [2.75, 3.05) is 5.84 Å². The summed E-state index contributed by atoms with van der Waals surface area (Å²) in [5.74, 6) is 6.65. The molecule has 0 bridgehead atoms. The number of benzene rings is 2. The second-order valence-electron chi connectivity index (χ2n) is 4.98. The lowest BCUT2D eigenvalue weighted by atomic mass is 10.1. The van der Waals surface area contributed by atoms with Crippen LogP contribution in [-0.2, 0) is 5.75 Å². The third kappa shape index (κ3) is 3.18. The Morgan fingerprint density at radius 3 is 2.70 bits per heavy atom. The Morgan fingerprint density at radius 2 is 1.96 bits per heavy atom. The van der Waals surface area contributed by atoms with Gasteiger partial charge in [-0.2, -0.15) is 0 Å². The van der Waals surface area contributed by atoms with Crippen LogP contribution in [0.4, 0.5) is 4.39 Å². The smallest absolute Gasteiger partial charge is 0.210 e. The second-order valence-corrected chi connectivity index (χ2v) is 6.33. The van der Waals surface area contributed by atoms with Gasteiger partial charge >= 0.3 is 0 Å². The number of nitrogen functional groups attached to an aromatic ring is 1. The predicted molar refractivity (Wildman–Crippen MR) is 91.3 cm³/mol. The Morgan fingerprint density at radius 1 is 1.17 bits per heavy atom. The van der Waals surface area contributed by atoms with Crippen LogP contribution >= 0.6 is 23.4 Å². The maximum Gasteiger partial charge on any atom is 0.210 e. The van der Waals surface area contributed by atoms with Gasteiger partial charge in [0, 0.05) is 21.9 Å². The van der Waals surface area contributed by atoms with Crippen molar-refractivity contribution in [2.24, 2.45) is 0 Å². The Hall–Kier alpha value is -2.05. The summed E-state index contributed by atoms with van der Waals surface area (Å²) in [5, 5.41) is 9.13. The fraction of sp³-hybridized carbons (Fsp3) is 0.125. The van der Waals surface area contributed by atoms with Gasteiger partial charge in [-0.05, 0) is 24.6 Å². The first-order valence-electron chi connectivity index (χ1n) is 6.90. The molecule has 0 aliphatic rings. The number of aromatic nitrogens is 3. The molecule has 0 radical (unpaired) electrons. The van der Waals surface area contributed by atoms with Crippen molar-refractivity contribution >= 4 is 23.4 Å². The molecule has 0 atom stereocenters. The van der Waals surface area contributed by atoms with E-state index in [0.717, 1.165) is 11.1 Å². The Kier molecular flexibility index (Phi) is 4.54. The average molecular weight is 349 g/mol. The fourth-order valence-electron chi connectivity index (χ4n) is 2.19. The summed E-state index contributed by atoms with van der Waals surface area (Å²) in [6, 6.07) is 12.4. The molecule has 1 heterocycles. The van der Waals surface area contributed by atoms with Crippen LogP contribution in [0.25, 0.3) is 11.4 Å². The van der Waals surface area contributed by atoms with Crippen molar-refractivity contribution in [1.29, 1.82) is 0 Å². The van der Waals surface area contributed by atoms with E-state index in [-0.39, 0.29) is 5.82 Å². The standard InChI is InChI=1S/C16H14ClFN4S/c1-10-5-2-3-6-11(10)15-20-21-16(22(15)19)23-9-12-13(17)7-4-8-14(12)18/h2-8H,9,19H2,1H3. The lowest BCUT2D eigenvalue weighted by Gasteiger charge is -2.07. The van der Waals surface area contributed by atoms with Crippen LogP contribution in [0.3, 0.4) is 0 Å². The maximum atomic E-state index is 13.8. The summed E-state index contributed by atoms with van der Waals surface area (Å²) < 4.78 is 15.2. The Labute approximate surface area is 142 Å². The van der Waals surface area contributed by atoms with Gasteiger partial charge in [0.05, 0.1) is 0 Å². The highest BCUT2D eigenvalue weighted by atomic mass is 35.5. The fourth-order valence-corrected chi connectivity index (χ4v) is 3.39. The molecule has 2 aromatic carbocycles. The quantitative estimate of drug-likeness (QED) is 0.570. The number of hydrogen-bond acceptors (Lipinski definition) is 4. The van der Waals surface area contributed by atoms with E-state index in [4.69, 9.17) is 17.4 Å². The minimum atomic E-state index is -0.341. The van der Waals surface area contributed by atoms with Crippen LogP contribution in [0.15, 0.2) is 47.6 Å². The third-order valence-corrected chi connectivity index (χ3v) is 4.78. The minimum Gasteiger partial charge on any atom is -0.335 e. The molecule has 0 aliphatic carbocycles. The molecule has 7 heteroatoms. The largest absolute Gasteiger partial charge is 0.335 e. The van der Waals surface area contributed by atoms with Gasteiger partial charge in [-0.1, -0.05) is 53.7 Å². The van der Waals surface area contributed by atoms with Crippen LogP contribution in [0.1, 0.15) is 11.1 Å². The molecule has 3 aromatic rings. The van der Waals surface area contributed by atoms with Crippen molar-refractivity contribution in [1.82, 2.24) is 14.9 Å². The lowest BCUT2D eigenvalue weighted by molar-refractivity contribution is 0.617. The van der Waals surface area contributed by atoms with Crippen LogP contribution in [0.5, 0.6) is 0 Å². The minimum absolute atomic E-state index is 0.328. The summed E-state index contributed by atoms with van der Waals surface area (Å²) >= 11 is 7.32. The average Bonchev–Trinajstić information content (AvgIpc) is 2.88. The lowest BCUT2D eigenvalue weighted by Crippen LogP contribution is -2.12. The van der Waals surface area contributed by atoms with E-state index >= 15 is 0 Å². The molecular weight excluding hydrogens is 335 g/mol. The number of halogens is 2. The molecule has 2 N–H and O–H groups in total.